The second-order valence-corrected chi connectivity index (χ2v) is 8.85. The first-order chi connectivity index (χ1) is 12.7. The molecule has 1 unspecified atom stereocenters. The molecular weight excluding hydrogens is 381 g/mol. The Labute approximate surface area is 155 Å². The van der Waals surface area contributed by atoms with E-state index in [2.05, 4.69) is 10.2 Å². The Bertz CT molecular complexity index is 985. The van der Waals surface area contributed by atoms with Gasteiger partial charge in [0.2, 0.25) is 15.8 Å². The molecule has 6 nitrogen and oxygen atoms in total. The van der Waals surface area contributed by atoms with E-state index in [-0.39, 0.29) is 23.8 Å². The quantitative estimate of drug-likeness (QED) is 0.777. The number of halogens is 3. The second-order valence-electron chi connectivity index (χ2n) is 6.96. The van der Waals surface area contributed by atoms with Gasteiger partial charge in [-0.05, 0) is 55.9 Å². The number of alkyl halides is 3. The van der Waals surface area contributed by atoms with Crippen LogP contribution in [0.3, 0.4) is 0 Å². The van der Waals surface area contributed by atoms with E-state index in [1.807, 2.05) is 6.07 Å². The van der Waals surface area contributed by atoms with E-state index >= 15 is 0 Å². The monoisotopic (exact) mass is 400 g/mol. The summed E-state index contributed by atoms with van der Waals surface area (Å²) in [5, 5.41) is 6.85. The van der Waals surface area contributed by atoms with Gasteiger partial charge in [-0.3, -0.25) is 0 Å². The Morgan fingerprint density at radius 3 is 2.48 bits per heavy atom. The first kappa shape index (κ1) is 18.4. The Balaban J connectivity index is 1.68. The average molecular weight is 400 g/mol. The van der Waals surface area contributed by atoms with E-state index < -0.39 is 28.1 Å². The fourth-order valence-electron chi connectivity index (χ4n) is 3.91. The van der Waals surface area contributed by atoms with Gasteiger partial charge in [-0.2, -0.15) is 17.5 Å². The molecule has 27 heavy (non-hydrogen) atoms. The summed E-state index contributed by atoms with van der Waals surface area (Å²) < 4.78 is 67.6. The van der Waals surface area contributed by atoms with E-state index in [4.69, 9.17) is 0 Å². The van der Waals surface area contributed by atoms with Gasteiger partial charge < -0.3 is 4.57 Å². The Morgan fingerprint density at radius 2 is 1.78 bits per heavy atom. The molecule has 146 valence electrons. The van der Waals surface area contributed by atoms with Gasteiger partial charge in [-0.25, -0.2) is 8.42 Å². The van der Waals surface area contributed by atoms with Gasteiger partial charge in [0.05, 0.1) is 10.9 Å². The van der Waals surface area contributed by atoms with E-state index in [1.165, 1.54) is 16.8 Å². The van der Waals surface area contributed by atoms with Gasteiger partial charge in [0.25, 0.3) is 0 Å². The molecule has 0 saturated carbocycles. The maximum Gasteiger partial charge on any atom is 0.451 e. The fourth-order valence-corrected chi connectivity index (χ4v) is 5.54. The number of fused-ring (bicyclic) bond motifs is 2. The lowest BCUT2D eigenvalue weighted by Crippen LogP contribution is -2.42. The SMILES string of the molecule is CC1c2nnc(C(F)(F)F)n2CCN1S(=O)(=O)c1ccc2c(c1)CCCC2. The smallest absolute Gasteiger partial charge is 0.305 e. The normalized spacial score (nSPS) is 21.0. The molecular formula is C17H19F3N4O2S. The van der Waals surface area contributed by atoms with Gasteiger partial charge in [0, 0.05) is 13.1 Å². The maximum atomic E-state index is 13.1. The number of nitrogens with zero attached hydrogens (tertiary/aromatic N) is 4. The van der Waals surface area contributed by atoms with E-state index in [0.717, 1.165) is 35.8 Å². The number of aromatic nitrogens is 3. The average Bonchev–Trinajstić information content (AvgIpc) is 3.07. The zero-order valence-electron chi connectivity index (χ0n) is 14.7. The second kappa shape index (κ2) is 6.30. The minimum absolute atomic E-state index is 0.00936. The number of sulfonamides is 1. The minimum atomic E-state index is -4.62. The summed E-state index contributed by atoms with van der Waals surface area (Å²) in [5.41, 5.74) is 2.20. The number of hydrogen-bond donors (Lipinski definition) is 0. The van der Waals surface area contributed by atoms with Crippen LogP contribution in [0.25, 0.3) is 0 Å². The Kier molecular flexibility index (Phi) is 4.30. The molecule has 0 spiro atoms. The molecule has 0 radical (unpaired) electrons. The number of aryl methyl sites for hydroxylation is 2. The van der Waals surface area contributed by atoms with Crippen LogP contribution in [-0.2, 0) is 35.6 Å². The van der Waals surface area contributed by atoms with Crippen molar-refractivity contribution in [2.75, 3.05) is 6.54 Å². The van der Waals surface area contributed by atoms with Crippen molar-refractivity contribution < 1.29 is 21.6 Å². The highest BCUT2D eigenvalue weighted by Crippen LogP contribution is 2.35. The molecule has 2 heterocycles. The molecule has 2 aliphatic rings. The van der Waals surface area contributed by atoms with Crippen LogP contribution >= 0.6 is 0 Å². The molecule has 4 rings (SSSR count). The Hall–Kier alpha value is -1.94. The highest BCUT2D eigenvalue weighted by molar-refractivity contribution is 7.89. The topological polar surface area (TPSA) is 68.1 Å². The van der Waals surface area contributed by atoms with Gasteiger partial charge in [-0.15, -0.1) is 10.2 Å². The molecule has 1 aromatic heterocycles. The van der Waals surface area contributed by atoms with Crippen molar-refractivity contribution in [2.45, 2.75) is 56.3 Å². The van der Waals surface area contributed by atoms with Crippen LogP contribution in [0.15, 0.2) is 23.1 Å². The zero-order chi connectivity index (χ0) is 19.4. The molecule has 0 bridgehead atoms. The third-order valence-corrected chi connectivity index (χ3v) is 7.28. The maximum absolute atomic E-state index is 13.1. The van der Waals surface area contributed by atoms with Crippen LogP contribution in [0.4, 0.5) is 13.2 Å². The molecule has 1 aliphatic carbocycles. The van der Waals surface area contributed by atoms with Crippen molar-refractivity contribution in [1.29, 1.82) is 0 Å². The summed E-state index contributed by atoms with van der Waals surface area (Å²) in [6.07, 6.45) is -0.708. The summed E-state index contributed by atoms with van der Waals surface area (Å²) in [6, 6.07) is 4.31. The van der Waals surface area contributed by atoms with Crippen molar-refractivity contribution in [3.63, 3.8) is 0 Å². The lowest BCUT2D eigenvalue weighted by Gasteiger charge is -2.33. The summed E-state index contributed by atoms with van der Waals surface area (Å²) in [7, 11) is -3.84. The summed E-state index contributed by atoms with van der Waals surface area (Å²) in [5.74, 6) is -1.08. The summed E-state index contributed by atoms with van der Waals surface area (Å²) >= 11 is 0. The summed E-state index contributed by atoms with van der Waals surface area (Å²) in [6.45, 7) is 1.34. The van der Waals surface area contributed by atoms with E-state index in [0.29, 0.717) is 0 Å². The standard InChI is InChI=1S/C17H19F3N4O2S/c1-11-15-21-22-16(17(18,19)20)23(15)8-9-24(11)27(25,26)14-7-6-12-4-2-3-5-13(12)10-14/h6-7,10-11H,2-5,8-9H2,1H3. The largest absolute Gasteiger partial charge is 0.451 e. The predicted octanol–water partition coefficient (Wildman–Crippen LogP) is 2.94. The van der Waals surface area contributed by atoms with Crippen LogP contribution < -0.4 is 0 Å². The van der Waals surface area contributed by atoms with Gasteiger partial charge in [0.1, 0.15) is 0 Å². The van der Waals surface area contributed by atoms with Gasteiger partial charge in [0.15, 0.2) is 5.82 Å². The van der Waals surface area contributed by atoms with Crippen molar-refractivity contribution in [3.8, 4) is 0 Å². The first-order valence-electron chi connectivity index (χ1n) is 8.83. The van der Waals surface area contributed by atoms with Gasteiger partial charge >= 0.3 is 6.18 Å². The van der Waals surface area contributed by atoms with E-state index in [1.54, 1.807) is 12.1 Å². The molecule has 10 heteroatoms. The minimum Gasteiger partial charge on any atom is -0.305 e. The van der Waals surface area contributed by atoms with Crippen LogP contribution in [0, 0.1) is 0 Å². The van der Waals surface area contributed by atoms with E-state index in [9.17, 15) is 21.6 Å². The molecule has 1 aromatic carbocycles. The molecule has 0 N–H and O–H groups in total. The zero-order valence-corrected chi connectivity index (χ0v) is 15.5. The van der Waals surface area contributed by atoms with Crippen molar-refractivity contribution >= 4 is 10.0 Å². The third-order valence-electron chi connectivity index (χ3n) is 5.31. The molecule has 0 amide bonds. The van der Waals surface area contributed by atoms with Crippen LogP contribution in [0.2, 0.25) is 0 Å². The highest BCUT2D eigenvalue weighted by Gasteiger charge is 2.43. The number of rotatable bonds is 2. The highest BCUT2D eigenvalue weighted by atomic mass is 32.2. The molecule has 0 fully saturated rings. The van der Waals surface area contributed by atoms with Crippen LogP contribution in [0.1, 0.15) is 48.6 Å². The predicted molar refractivity (Wildman–Crippen MR) is 90.4 cm³/mol. The van der Waals surface area contributed by atoms with Crippen LogP contribution in [-0.4, -0.2) is 34.0 Å². The number of benzene rings is 1. The molecule has 1 aliphatic heterocycles. The third kappa shape index (κ3) is 3.04. The van der Waals surface area contributed by atoms with Crippen molar-refractivity contribution in [1.82, 2.24) is 19.1 Å². The molecule has 2 aromatic rings. The van der Waals surface area contributed by atoms with Gasteiger partial charge in [-0.1, -0.05) is 6.07 Å². The lowest BCUT2D eigenvalue weighted by molar-refractivity contribution is -0.147. The lowest BCUT2D eigenvalue weighted by atomic mass is 9.92. The molecule has 0 saturated heterocycles. The van der Waals surface area contributed by atoms with Crippen molar-refractivity contribution in [3.05, 3.63) is 41.0 Å². The van der Waals surface area contributed by atoms with Crippen molar-refractivity contribution in [2.24, 2.45) is 0 Å². The fraction of sp³-hybridized carbons (Fsp3) is 0.529. The first-order valence-corrected chi connectivity index (χ1v) is 10.3. The molecule has 1 atom stereocenters. The van der Waals surface area contributed by atoms with Crippen LogP contribution in [0.5, 0.6) is 0 Å². The Morgan fingerprint density at radius 1 is 1.07 bits per heavy atom. The number of hydrogen-bond acceptors (Lipinski definition) is 4. The summed E-state index contributed by atoms with van der Waals surface area (Å²) in [4.78, 5) is 0.180.